The van der Waals surface area contributed by atoms with E-state index < -0.39 is 5.54 Å². The van der Waals surface area contributed by atoms with Gasteiger partial charge < -0.3 is 15.8 Å². The summed E-state index contributed by atoms with van der Waals surface area (Å²) in [5.41, 5.74) is 5.45. The van der Waals surface area contributed by atoms with Gasteiger partial charge >= 0.3 is 6.03 Å². The molecular formula is C14H19N3O3. The number of hydrogen-bond acceptors (Lipinski definition) is 4. The third-order valence-corrected chi connectivity index (χ3v) is 3.49. The van der Waals surface area contributed by atoms with E-state index in [2.05, 4.69) is 5.32 Å². The number of nitrogens with one attached hydrogen (secondary N) is 1. The fraction of sp³-hybridized carbons (Fsp3) is 0.429. The molecule has 1 aromatic rings. The molecule has 20 heavy (non-hydrogen) atoms. The van der Waals surface area contributed by atoms with E-state index in [0.717, 1.165) is 0 Å². The number of carbonyl (C=O) groups excluding carboxylic acids is 2. The summed E-state index contributed by atoms with van der Waals surface area (Å²) in [6.07, 6.45) is 0.560. The topological polar surface area (TPSA) is 84.7 Å². The number of carbonyl (C=O) groups is 2. The summed E-state index contributed by atoms with van der Waals surface area (Å²) in [7, 11) is 0. The van der Waals surface area contributed by atoms with Gasteiger partial charge in [-0.1, -0.05) is 13.0 Å². The molecule has 0 saturated carbocycles. The maximum atomic E-state index is 12.1. The molecule has 0 bridgehead atoms. The molecule has 1 heterocycles. The normalized spacial score (nSPS) is 22.0. The van der Waals surface area contributed by atoms with Crippen LogP contribution in [0, 0.1) is 0 Å². The number of benzene rings is 1. The van der Waals surface area contributed by atoms with Gasteiger partial charge in [0.15, 0.2) is 0 Å². The van der Waals surface area contributed by atoms with Gasteiger partial charge in [0.05, 0.1) is 6.54 Å². The van der Waals surface area contributed by atoms with E-state index in [4.69, 9.17) is 10.5 Å². The first-order chi connectivity index (χ1) is 9.46. The first kappa shape index (κ1) is 14.2. The molecule has 0 aromatic heterocycles. The monoisotopic (exact) mass is 277 g/mol. The van der Waals surface area contributed by atoms with Crippen LogP contribution in [0.4, 0.5) is 10.5 Å². The van der Waals surface area contributed by atoms with E-state index in [-0.39, 0.29) is 25.1 Å². The van der Waals surface area contributed by atoms with Crippen LogP contribution in [0.3, 0.4) is 0 Å². The number of rotatable bonds is 5. The van der Waals surface area contributed by atoms with Crippen LogP contribution in [0.5, 0.6) is 5.75 Å². The number of amides is 3. The molecule has 1 atom stereocenters. The Balaban J connectivity index is 1.91. The number of urea groups is 1. The van der Waals surface area contributed by atoms with Crippen molar-refractivity contribution in [3.8, 4) is 5.75 Å². The second-order valence-corrected chi connectivity index (χ2v) is 4.99. The molecule has 1 saturated heterocycles. The average Bonchev–Trinajstić information content (AvgIpc) is 2.63. The molecule has 3 amide bonds. The van der Waals surface area contributed by atoms with Crippen molar-refractivity contribution in [2.45, 2.75) is 25.8 Å². The summed E-state index contributed by atoms with van der Waals surface area (Å²) in [6, 6.07) is 6.65. The van der Waals surface area contributed by atoms with Crippen LogP contribution < -0.4 is 15.8 Å². The van der Waals surface area contributed by atoms with Crippen molar-refractivity contribution in [1.29, 1.82) is 0 Å². The Morgan fingerprint density at radius 1 is 1.40 bits per heavy atom. The van der Waals surface area contributed by atoms with Gasteiger partial charge in [-0.2, -0.15) is 0 Å². The number of anilines is 1. The molecule has 2 rings (SSSR count). The Morgan fingerprint density at radius 3 is 2.75 bits per heavy atom. The zero-order chi connectivity index (χ0) is 14.8. The highest BCUT2D eigenvalue weighted by Gasteiger charge is 2.46. The number of imide groups is 1. The molecule has 6 heteroatoms. The average molecular weight is 277 g/mol. The molecule has 1 unspecified atom stereocenters. The molecule has 1 aliphatic heterocycles. The minimum Gasteiger partial charge on any atom is -0.492 e. The van der Waals surface area contributed by atoms with E-state index in [1.807, 2.05) is 6.92 Å². The predicted molar refractivity (Wildman–Crippen MR) is 75.3 cm³/mol. The highest BCUT2D eigenvalue weighted by atomic mass is 16.5. The minimum atomic E-state index is -0.797. The number of ether oxygens (including phenoxy) is 1. The SMILES string of the molecule is CCC1(C)NC(=O)N(CCOc2cccc(N)c2)C1=O. The summed E-state index contributed by atoms with van der Waals surface area (Å²) in [4.78, 5) is 25.1. The van der Waals surface area contributed by atoms with Gasteiger partial charge in [0.1, 0.15) is 17.9 Å². The summed E-state index contributed by atoms with van der Waals surface area (Å²) in [6.45, 7) is 4.05. The Labute approximate surface area is 117 Å². The van der Waals surface area contributed by atoms with Gasteiger partial charge in [-0.3, -0.25) is 9.69 Å². The first-order valence-electron chi connectivity index (χ1n) is 6.59. The van der Waals surface area contributed by atoms with Crippen molar-refractivity contribution in [3.63, 3.8) is 0 Å². The Bertz CT molecular complexity index is 532. The molecule has 108 valence electrons. The molecule has 6 nitrogen and oxygen atoms in total. The van der Waals surface area contributed by atoms with Gasteiger partial charge in [-0.05, 0) is 25.5 Å². The highest BCUT2D eigenvalue weighted by Crippen LogP contribution is 2.20. The van der Waals surface area contributed by atoms with E-state index in [1.165, 1.54) is 4.90 Å². The Hall–Kier alpha value is -2.24. The second-order valence-electron chi connectivity index (χ2n) is 4.99. The van der Waals surface area contributed by atoms with Gasteiger partial charge in [-0.15, -0.1) is 0 Å². The molecule has 1 aromatic carbocycles. The highest BCUT2D eigenvalue weighted by molar-refractivity contribution is 6.06. The van der Waals surface area contributed by atoms with Crippen LogP contribution in [0.15, 0.2) is 24.3 Å². The fourth-order valence-electron chi connectivity index (χ4n) is 2.05. The molecule has 1 fully saturated rings. The summed E-state index contributed by atoms with van der Waals surface area (Å²) < 4.78 is 5.49. The zero-order valence-corrected chi connectivity index (χ0v) is 11.7. The predicted octanol–water partition coefficient (Wildman–Crippen LogP) is 1.37. The van der Waals surface area contributed by atoms with Crippen LogP contribution >= 0.6 is 0 Å². The third kappa shape index (κ3) is 2.68. The van der Waals surface area contributed by atoms with E-state index in [9.17, 15) is 9.59 Å². The number of nitrogen functional groups attached to an aromatic ring is 1. The zero-order valence-electron chi connectivity index (χ0n) is 11.7. The third-order valence-electron chi connectivity index (χ3n) is 3.49. The summed E-state index contributed by atoms with van der Waals surface area (Å²) >= 11 is 0. The van der Waals surface area contributed by atoms with Crippen molar-refractivity contribution < 1.29 is 14.3 Å². The van der Waals surface area contributed by atoms with Crippen LogP contribution in [-0.4, -0.2) is 35.5 Å². The molecular weight excluding hydrogens is 258 g/mol. The number of nitrogens with two attached hydrogens (primary N) is 1. The summed E-state index contributed by atoms with van der Waals surface area (Å²) in [5, 5.41) is 2.70. The number of hydrogen-bond donors (Lipinski definition) is 2. The van der Waals surface area contributed by atoms with Crippen LogP contribution in [-0.2, 0) is 4.79 Å². The van der Waals surface area contributed by atoms with Crippen molar-refractivity contribution in [2.24, 2.45) is 0 Å². The lowest BCUT2D eigenvalue weighted by atomic mass is 9.99. The van der Waals surface area contributed by atoms with Crippen LogP contribution in [0.1, 0.15) is 20.3 Å². The lowest BCUT2D eigenvalue weighted by Crippen LogP contribution is -2.43. The standard InChI is InChI=1S/C14H19N3O3/c1-3-14(2)12(18)17(13(19)16-14)7-8-20-11-6-4-5-10(15)9-11/h4-6,9H,3,7-8,15H2,1-2H3,(H,16,19). The fourth-order valence-corrected chi connectivity index (χ4v) is 2.05. The molecule has 0 spiro atoms. The van der Waals surface area contributed by atoms with Crippen molar-refractivity contribution in [2.75, 3.05) is 18.9 Å². The smallest absolute Gasteiger partial charge is 0.325 e. The van der Waals surface area contributed by atoms with Gasteiger partial charge in [0, 0.05) is 11.8 Å². The maximum Gasteiger partial charge on any atom is 0.325 e. The van der Waals surface area contributed by atoms with Crippen molar-refractivity contribution in [1.82, 2.24) is 10.2 Å². The first-order valence-corrected chi connectivity index (χ1v) is 6.59. The molecule has 1 aliphatic rings. The van der Waals surface area contributed by atoms with E-state index >= 15 is 0 Å². The van der Waals surface area contributed by atoms with Gasteiger partial charge in [0.25, 0.3) is 5.91 Å². The molecule has 0 aliphatic carbocycles. The van der Waals surface area contributed by atoms with Crippen LogP contribution in [0.25, 0.3) is 0 Å². The van der Waals surface area contributed by atoms with E-state index in [0.29, 0.717) is 17.9 Å². The Kier molecular flexibility index (Phi) is 3.83. The lowest BCUT2D eigenvalue weighted by Gasteiger charge is -2.19. The van der Waals surface area contributed by atoms with Crippen molar-refractivity contribution in [3.05, 3.63) is 24.3 Å². The van der Waals surface area contributed by atoms with Crippen molar-refractivity contribution >= 4 is 17.6 Å². The van der Waals surface area contributed by atoms with E-state index in [1.54, 1.807) is 31.2 Å². The molecule has 0 radical (unpaired) electrons. The minimum absolute atomic E-state index is 0.207. The second kappa shape index (κ2) is 5.40. The quantitative estimate of drug-likeness (QED) is 0.629. The maximum absolute atomic E-state index is 12.1. The lowest BCUT2D eigenvalue weighted by molar-refractivity contribution is -0.131. The molecule has 3 N–H and O–H groups in total. The largest absolute Gasteiger partial charge is 0.492 e. The van der Waals surface area contributed by atoms with Gasteiger partial charge in [0.2, 0.25) is 0 Å². The number of nitrogens with zero attached hydrogens (tertiary/aromatic N) is 1. The summed E-state index contributed by atoms with van der Waals surface area (Å²) in [5.74, 6) is 0.413. The Morgan fingerprint density at radius 2 is 2.15 bits per heavy atom. The van der Waals surface area contributed by atoms with Crippen LogP contribution in [0.2, 0.25) is 0 Å². The van der Waals surface area contributed by atoms with Gasteiger partial charge in [-0.25, -0.2) is 4.79 Å².